The molecule has 0 aliphatic heterocycles. The minimum Gasteiger partial charge on any atom is -0.351 e. The fourth-order valence-corrected chi connectivity index (χ4v) is 2.05. The summed E-state index contributed by atoms with van der Waals surface area (Å²) in [5, 5.41) is 11.0. The molecule has 21 heavy (non-hydrogen) atoms. The smallest absolute Gasteiger partial charge is 0.271 e. The third-order valence-electron chi connectivity index (χ3n) is 3.13. The molecule has 0 saturated carbocycles. The van der Waals surface area contributed by atoms with Crippen molar-refractivity contribution in [3.05, 3.63) is 45.6 Å². The highest BCUT2D eigenvalue weighted by Gasteiger charge is 2.08. The van der Waals surface area contributed by atoms with Crippen LogP contribution in [-0.2, 0) is 13.6 Å². The molecule has 1 amide bonds. The Bertz CT molecular complexity index is 702. The maximum Gasteiger partial charge on any atom is 0.271 e. The Kier molecular flexibility index (Phi) is 4.52. The lowest BCUT2D eigenvalue weighted by Gasteiger charge is -2.06. The average Bonchev–Trinajstić information content (AvgIpc) is 2.76. The molecule has 0 aromatic carbocycles. The number of aromatic nitrogens is 4. The fraction of sp³-hybridized carbons (Fsp3) is 0.429. The Morgan fingerprint density at radius 1 is 1.29 bits per heavy atom. The zero-order valence-corrected chi connectivity index (χ0v) is 12.5. The van der Waals surface area contributed by atoms with Crippen molar-refractivity contribution in [2.75, 3.05) is 6.54 Å². The van der Waals surface area contributed by atoms with Gasteiger partial charge >= 0.3 is 0 Å². The molecule has 1 N–H and O–H groups in total. The monoisotopic (exact) mass is 289 g/mol. The van der Waals surface area contributed by atoms with Gasteiger partial charge in [-0.05, 0) is 32.4 Å². The lowest BCUT2D eigenvalue weighted by molar-refractivity contribution is 0.0945. The molecule has 0 unspecified atom stereocenters. The van der Waals surface area contributed by atoms with Gasteiger partial charge in [0.1, 0.15) is 5.69 Å². The summed E-state index contributed by atoms with van der Waals surface area (Å²) in [6.45, 7) is 5.24. The van der Waals surface area contributed by atoms with Crippen LogP contribution >= 0.6 is 0 Å². The second-order valence-corrected chi connectivity index (χ2v) is 4.94. The molecule has 2 heterocycles. The number of nitrogens with one attached hydrogen (secondary N) is 1. The molecular weight excluding hydrogens is 270 g/mol. The molecule has 0 bridgehead atoms. The Hall–Kier alpha value is -2.44. The summed E-state index contributed by atoms with van der Waals surface area (Å²) in [5.41, 5.74) is 2.10. The highest BCUT2D eigenvalue weighted by molar-refractivity contribution is 5.91. The van der Waals surface area contributed by atoms with Gasteiger partial charge in [-0.1, -0.05) is 0 Å². The number of hydrogen-bond donors (Lipinski definition) is 1. The second-order valence-electron chi connectivity index (χ2n) is 4.94. The molecule has 0 radical (unpaired) electrons. The van der Waals surface area contributed by atoms with Crippen LogP contribution in [0.3, 0.4) is 0 Å². The molecular formula is C14H19N5O2. The van der Waals surface area contributed by atoms with Crippen LogP contribution in [0.2, 0.25) is 0 Å². The van der Waals surface area contributed by atoms with Gasteiger partial charge in [-0.15, -0.1) is 0 Å². The first-order chi connectivity index (χ1) is 9.97. The number of carbonyl (C=O) groups excluding carboxylic acids is 1. The largest absolute Gasteiger partial charge is 0.351 e. The van der Waals surface area contributed by atoms with Crippen LogP contribution in [0.15, 0.2) is 23.0 Å². The molecule has 0 aliphatic rings. The first kappa shape index (κ1) is 15.0. The lowest BCUT2D eigenvalue weighted by Crippen LogP contribution is -2.29. The predicted octanol–water partition coefficient (Wildman–Crippen LogP) is 0.414. The normalized spacial score (nSPS) is 10.6. The van der Waals surface area contributed by atoms with Gasteiger partial charge in [0, 0.05) is 31.9 Å². The molecule has 2 aromatic rings. The van der Waals surface area contributed by atoms with Crippen LogP contribution in [0.25, 0.3) is 0 Å². The minimum atomic E-state index is -0.279. The Balaban J connectivity index is 1.83. The van der Waals surface area contributed by atoms with Crippen LogP contribution in [0.4, 0.5) is 0 Å². The number of amides is 1. The number of hydrogen-bond acceptors (Lipinski definition) is 4. The summed E-state index contributed by atoms with van der Waals surface area (Å²) in [6.07, 6.45) is 0.777. The molecule has 0 saturated heterocycles. The van der Waals surface area contributed by atoms with Crippen molar-refractivity contribution in [2.24, 2.45) is 7.05 Å². The van der Waals surface area contributed by atoms with Gasteiger partial charge in [0.25, 0.3) is 11.5 Å². The van der Waals surface area contributed by atoms with E-state index in [-0.39, 0.29) is 17.2 Å². The molecule has 0 spiro atoms. The van der Waals surface area contributed by atoms with Gasteiger partial charge < -0.3 is 5.32 Å². The third-order valence-corrected chi connectivity index (χ3v) is 3.13. The molecule has 2 rings (SSSR count). The standard InChI is InChI=1S/C14H19N5O2/c1-10-9-11(2)19(16-10)8-4-7-15-14(21)12-5-6-13(20)18(3)17-12/h5-6,9H,4,7-8H2,1-3H3,(H,15,21). The zero-order valence-electron chi connectivity index (χ0n) is 12.5. The molecule has 7 heteroatoms. The summed E-state index contributed by atoms with van der Waals surface area (Å²) in [7, 11) is 1.52. The summed E-state index contributed by atoms with van der Waals surface area (Å²) < 4.78 is 3.07. The van der Waals surface area contributed by atoms with Crippen LogP contribution in [0, 0.1) is 13.8 Å². The van der Waals surface area contributed by atoms with Crippen molar-refractivity contribution >= 4 is 5.91 Å². The van der Waals surface area contributed by atoms with E-state index in [1.165, 1.54) is 19.2 Å². The molecule has 0 aliphatic carbocycles. The molecule has 0 fully saturated rings. The van der Waals surface area contributed by atoms with Crippen LogP contribution in [-0.4, -0.2) is 32.0 Å². The molecule has 2 aromatic heterocycles. The topological polar surface area (TPSA) is 81.8 Å². The third kappa shape index (κ3) is 3.77. The quantitative estimate of drug-likeness (QED) is 0.808. The van der Waals surface area contributed by atoms with Crippen molar-refractivity contribution in [1.29, 1.82) is 0 Å². The average molecular weight is 289 g/mol. The Morgan fingerprint density at radius 3 is 2.67 bits per heavy atom. The van der Waals surface area contributed by atoms with Gasteiger partial charge in [0.2, 0.25) is 0 Å². The van der Waals surface area contributed by atoms with E-state index in [1.807, 2.05) is 24.6 Å². The van der Waals surface area contributed by atoms with Crippen molar-refractivity contribution in [3.8, 4) is 0 Å². The van der Waals surface area contributed by atoms with Gasteiger partial charge in [0.15, 0.2) is 0 Å². The van der Waals surface area contributed by atoms with Gasteiger partial charge in [-0.25, -0.2) is 4.68 Å². The van der Waals surface area contributed by atoms with Gasteiger partial charge in [-0.3, -0.25) is 14.3 Å². The maximum absolute atomic E-state index is 11.9. The van der Waals surface area contributed by atoms with Crippen molar-refractivity contribution in [3.63, 3.8) is 0 Å². The maximum atomic E-state index is 11.9. The SMILES string of the molecule is Cc1cc(C)n(CCCNC(=O)c2ccc(=O)n(C)n2)n1. The number of nitrogens with zero attached hydrogens (tertiary/aromatic N) is 4. The van der Waals surface area contributed by atoms with E-state index in [4.69, 9.17) is 0 Å². The van der Waals surface area contributed by atoms with Crippen LogP contribution < -0.4 is 10.9 Å². The van der Waals surface area contributed by atoms with Crippen LogP contribution in [0.5, 0.6) is 0 Å². The Morgan fingerprint density at radius 2 is 2.05 bits per heavy atom. The van der Waals surface area contributed by atoms with E-state index in [2.05, 4.69) is 15.5 Å². The summed E-state index contributed by atoms with van der Waals surface area (Å²) in [4.78, 5) is 23.1. The highest BCUT2D eigenvalue weighted by Crippen LogP contribution is 2.02. The van der Waals surface area contributed by atoms with Gasteiger partial charge in [-0.2, -0.15) is 10.2 Å². The number of aryl methyl sites for hydroxylation is 4. The summed E-state index contributed by atoms with van der Waals surface area (Å²) in [6, 6.07) is 4.78. The van der Waals surface area contributed by atoms with Crippen LogP contribution in [0.1, 0.15) is 28.3 Å². The molecule has 0 atom stereocenters. The van der Waals surface area contributed by atoms with E-state index < -0.39 is 0 Å². The second kappa shape index (κ2) is 6.34. The number of carbonyl (C=O) groups is 1. The lowest BCUT2D eigenvalue weighted by atomic mass is 10.3. The van der Waals surface area contributed by atoms with Crippen molar-refractivity contribution in [1.82, 2.24) is 24.9 Å². The highest BCUT2D eigenvalue weighted by atomic mass is 16.2. The van der Waals surface area contributed by atoms with E-state index in [0.717, 1.165) is 29.0 Å². The predicted molar refractivity (Wildman–Crippen MR) is 78.1 cm³/mol. The minimum absolute atomic E-state index is 0.239. The first-order valence-corrected chi connectivity index (χ1v) is 6.81. The van der Waals surface area contributed by atoms with E-state index in [0.29, 0.717) is 6.54 Å². The van der Waals surface area contributed by atoms with E-state index in [1.54, 1.807) is 0 Å². The number of rotatable bonds is 5. The first-order valence-electron chi connectivity index (χ1n) is 6.81. The zero-order chi connectivity index (χ0) is 15.4. The van der Waals surface area contributed by atoms with Crippen molar-refractivity contribution < 1.29 is 4.79 Å². The fourth-order valence-electron chi connectivity index (χ4n) is 2.05. The summed E-state index contributed by atoms with van der Waals surface area (Å²) in [5.74, 6) is -0.279. The summed E-state index contributed by atoms with van der Waals surface area (Å²) >= 11 is 0. The molecule has 112 valence electrons. The molecule has 7 nitrogen and oxygen atoms in total. The van der Waals surface area contributed by atoms with E-state index in [9.17, 15) is 9.59 Å². The van der Waals surface area contributed by atoms with Crippen molar-refractivity contribution in [2.45, 2.75) is 26.8 Å². The van der Waals surface area contributed by atoms with Gasteiger partial charge in [0.05, 0.1) is 5.69 Å². The Labute approximate surface area is 122 Å². The van der Waals surface area contributed by atoms with E-state index >= 15 is 0 Å².